The molecule has 1 aromatic rings. The van der Waals surface area contributed by atoms with E-state index in [1.54, 1.807) is 6.07 Å². The number of carbonyl (C=O) groups excluding carboxylic acids is 1. The summed E-state index contributed by atoms with van der Waals surface area (Å²) in [4.78, 5) is 11.7. The summed E-state index contributed by atoms with van der Waals surface area (Å²) >= 11 is 0. The predicted molar refractivity (Wildman–Crippen MR) is 77.4 cm³/mol. The van der Waals surface area contributed by atoms with Crippen LogP contribution in [-0.4, -0.2) is 39.8 Å². The minimum atomic E-state index is -3.68. The van der Waals surface area contributed by atoms with Gasteiger partial charge in [-0.05, 0) is 18.6 Å². The van der Waals surface area contributed by atoms with Gasteiger partial charge in [-0.15, -0.1) is 0 Å². The normalized spacial score (nSPS) is 13.8. The second kappa shape index (κ2) is 6.80. The van der Waals surface area contributed by atoms with Crippen LogP contribution >= 0.6 is 0 Å². The van der Waals surface area contributed by atoms with Gasteiger partial charge in [0.15, 0.2) is 21.3 Å². The van der Waals surface area contributed by atoms with Crippen LogP contribution in [0.2, 0.25) is 0 Å². The van der Waals surface area contributed by atoms with Crippen molar-refractivity contribution in [1.82, 2.24) is 5.32 Å². The Bertz CT molecular complexity index is 612. The van der Waals surface area contributed by atoms with E-state index in [0.29, 0.717) is 31.3 Å². The summed E-state index contributed by atoms with van der Waals surface area (Å²) in [5.74, 6) is -0.129. The molecule has 0 unspecified atom stereocenters. The molecule has 1 heterocycles. The van der Waals surface area contributed by atoms with Crippen LogP contribution in [0.5, 0.6) is 11.5 Å². The summed E-state index contributed by atoms with van der Waals surface area (Å²) in [7, 11) is -3.68. The highest BCUT2D eigenvalue weighted by Crippen LogP contribution is 2.32. The van der Waals surface area contributed by atoms with Crippen LogP contribution in [0.25, 0.3) is 0 Å². The number of nitrogens with one attached hydrogen (secondary N) is 1. The summed E-state index contributed by atoms with van der Waals surface area (Å²) in [6.45, 7) is 3.32. The van der Waals surface area contributed by atoms with Crippen LogP contribution < -0.4 is 14.8 Å². The number of ether oxygens (including phenoxy) is 2. The summed E-state index contributed by atoms with van der Waals surface area (Å²) in [6.07, 6.45) is 1.77. The Labute approximate surface area is 124 Å². The number of carbonyl (C=O) groups is 1. The predicted octanol–water partition coefficient (Wildman–Crippen LogP) is 1.15. The van der Waals surface area contributed by atoms with Crippen molar-refractivity contribution in [2.75, 3.05) is 25.5 Å². The van der Waals surface area contributed by atoms with E-state index in [-0.39, 0.29) is 4.90 Å². The van der Waals surface area contributed by atoms with Crippen molar-refractivity contribution in [3.8, 4) is 11.5 Å². The van der Waals surface area contributed by atoms with Gasteiger partial charge in [0, 0.05) is 12.6 Å². The van der Waals surface area contributed by atoms with Gasteiger partial charge in [0.05, 0.1) is 4.90 Å². The number of amides is 1. The molecule has 1 aliphatic rings. The van der Waals surface area contributed by atoms with Crippen LogP contribution in [0.1, 0.15) is 19.8 Å². The smallest absolute Gasteiger partial charge is 0.235 e. The molecule has 21 heavy (non-hydrogen) atoms. The van der Waals surface area contributed by atoms with Crippen molar-refractivity contribution in [2.45, 2.75) is 24.7 Å². The number of hydrogen-bond donors (Lipinski definition) is 1. The molecule has 0 aliphatic carbocycles. The first kappa shape index (κ1) is 15.6. The van der Waals surface area contributed by atoms with Gasteiger partial charge in [-0.3, -0.25) is 4.79 Å². The van der Waals surface area contributed by atoms with Gasteiger partial charge in [0.25, 0.3) is 0 Å². The Morgan fingerprint density at radius 3 is 2.67 bits per heavy atom. The molecular formula is C14H19NO5S. The van der Waals surface area contributed by atoms with Crippen LogP contribution in [0.15, 0.2) is 23.1 Å². The van der Waals surface area contributed by atoms with Crippen molar-refractivity contribution >= 4 is 15.7 Å². The minimum Gasteiger partial charge on any atom is -0.486 e. The van der Waals surface area contributed by atoms with Crippen LogP contribution in [0.3, 0.4) is 0 Å². The molecular weight excluding hydrogens is 294 g/mol. The van der Waals surface area contributed by atoms with Crippen molar-refractivity contribution < 1.29 is 22.7 Å². The van der Waals surface area contributed by atoms with Crippen molar-refractivity contribution in [1.29, 1.82) is 0 Å². The molecule has 7 heteroatoms. The lowest BCUT2D eigenvalue weighted by atomic mass is 10.3. The molecule has 1 amide bonds. The van der Waals surface area contributed by atoms with Gasteiger partial charge in [0.2, 0.25) is 5.91 Å². The average molecular weight is 313 g/mol. The quantitative estimate of drug-likeness (QED) is 0.797. The molecule has 0 fully saturated rings. The standard InChI is InChI=1S/C14H19NO5S/c1-2-3-6-15-14(16)10-21(17,18)11-4-5-12-13(9-11)20-8-7-19-12/h4-5,9H,2-3,6-8,10H2,1H3,(H,15,16). The van der Waals surface area contributed by atoms with E-state index < -0.39 is 21.5 Å². The average Bonchev–Trinajstić information content (AvgIpc) is 2.46. The van der Waals surface area contributed by atoms with Gasteiger partial charge in [0.1, 0.15) is 19.0 Å². The second-order valence-corrected chi connectivity index (χ2v) is 6.76. The van der Waals surface area contributed by atoms with Crippen molar-refractivity contribution in [3.05, 3.63) is 18.2 Å². The Morgan fingerprint density at radius 1 is 1.24 bits per heavy atom. The number of sulfone groups is 1. The largest absolute Gasteiger partial charge is 0.486 e. The zero-order chi connectivity index (χ0) is 15.3. The van der Waals surface area contributed by atoms with Crippen molar-refractivity contribution in [3.63, 3.8) is 0 Å². The van der Waals surface area contributed by atoms with Gasteiger partial charge in [-0.25, -0.2) is 8.42 Å². The summed E-state index contributed by atoms with van der Waals surface area (Å²) in [5.41, 5.74) is 0. The first-order valence-corrected chi connectivity index (χ1v) is 8.57. The first-order chi connectivity index (χ1) is 10.0. The molecule has 1 N–H and O–H groups in total. The molecule has 0 saturated heterocycles. The van der Waals surface area contributed by atoms with Crippen LogP contribution in [0, 0.1) is 0 Å². The molecule has 6 nitrogen and oxygen atoms in total. The molecule has 0 radical (unpaired) electrons. The van der Waals surface area contributed by atoms with Crippen molar-refractivity contribution in [2.24, 2.45) is 0 Å². The lowest BCUT2D eigenvalue weighted by Crippen LogP contribution is -2.31. The maximum Gasteiger partial charge on any atom is 0.235 e. The van der Waals surface area contributed by atoms with E-state index in [2.05, 4.69) is 5.32 Å². The molecule has 0 spiro atoms. The maximum absolute atomic E-state index is 12.2. The Kier molecular flexibility index (Phi) is 5.06. The number of hydrogen-bond acceptors (Lipinski definition) is 5. The summed E-state index contributed by atoms with van der Waals surface area (Å²) < 4.78 is 35.1. The summed E-state index contributed by atoms with van der Waals surface area (Å²) in [6, 6.07) is 4.39. The zero-order valence-corrected chi connectivity index (χ0v) is 12.7. The maximum atomic E-state index is 12.2. The molecule has 2 rings (SSSR count). The third-order valence-corrected chi connectivity index (χ3v) is 4.66. The zero-order valence-electron chi connectivity index (χ0n) is 11.9. The molecule has 0 bridgehead atoms. The monoisotopic (exact) mass is 313 g/mol. The van der Waals surface area contributed by atoms with Gasteiger partial charge < -0.3 is 14.8 Å². The highest BCUT2D eigenvalue weighted by Gasteiger charge is 2.22. The molecule has 0 aromatic heterocycles. The van der Waals surface area contributed by atoms with Gasteiger partial charge >= 0.3 is 0 Å². The molecule has 116 valence electrons. The molecule has 1 aromatic carbocycles. The summed E-state index contributed by atoms with van der Waals surface area (Å²) in [5, 5.41) is 2.60. The third-order valence-electron chi connectivity index (χ3n) is 3.05. The Balaban J connectivity index is 2.07. The van der Waals surface area contributed by atoms with Gasteiger partial charge in [-0.2, -0.15) is 0 Å². The third kappa shape index (κ3) is 4.10. The van der Waals surface area contributed by atoms with E-state index in [4.69, 9.17) is 9.47 Å². The number of rotatable bonds is 6. The topological polar surface area (TPSA) is 81.7 Å². The highest BCUT2D eigenvalue weighted by atomic mass is 32.2. The fourth-order valence-electron chi connectivity index (χ4n) is 1.93. The fraction of sp³-hybridized carbons (Fsp3) is 0.500. The number of benzene rings is 1. The lowest BCUT2D eigenvalue weighted by molar-refractivity contribution is -0.118. The minimum absolute atomic E-state index is 0.0670. The fourth-order valence-corrected chi connectivity index (χ4v) is 3.10. The Morgan fingerprint density at radius 2 is 1.95 bits per heavy atom. The van der Waals surface area contributed by atoms with Crippen LogP contribution in [0.4, 0.5) is 0 Å². The molecule has 1 aliphatic heterocycles. The van der Waals surface area contributed by atoms with Crippen LogP contribution in [-0.2, 0) is 14.6 Å². The SMILES string of the molecule is CCCCNC(=O)CS(=O)(=O)c1ccc2c(c1)OCCO2. The number of fused-ring (bicyclic) bond motifs is 1. The highest BCUT2D eigenvalue weighted by molar-refractivity contribution is 7.92. The van der Waals surface area contributed by atoms with E-state index >= 15 is 0 Å². The lowest BCUT2D eigenvalue weighted by Gasteiger charge is -2.18. The van der Waals surface area contributed by atoms with E-state index in [1.807, 2.05) is 6.92 Å². The molecule has 0 saturated carbocycles. The molecule has 0 atom stereocenters. The first-order valence-electron chi connectivity index (χ1n) is 6.92. The van der Waals surface area contributed by atoms with E-state index in [0.717, 1.165) is 12.8 Å². The van der Waals surface area contributed by atoms with E-state index in [9.17, 15) is 13.2 Å². The van der Waals surface area contributed by atoms with Gasteiger partial charge in [-0.1, -0.05) is 13.3 Å². The van der Waals surface area contributed by atoms with E-state index in [1.165, 1.54) is 12.1 Å². The Hall–Kier alpha value is -1.76. The number of unbranched alkanes of at least 4 members (excludes halogenated alkanes) is 1. The second-order valence-electron chi connectivity index (χ2n) is 4.77.